The average Bonchev–Trinajstić information content (AvgIpc) is 2.94. The molecule has 0 spiro atoms. The quantitative estimate of drug-likeness (QED) is 0.445. The van der Waals surface area contributed by atoms with E-state index in [0.29, 0.717) is 6.61 Å². The molecule has 0 aliphatic carbocycles. The highest BCUT2D eigenvalue weighted by atomic mass is 79.9. The number of hydrogen-bond donors (Lipinski definition) is 1. The van der Waals surface area contributed by atoms with Crippen LogP contribution in [0.4, 0.5) is 5.69 Å². The number of aryl methyl sites for hydroxylation is 3. The van der Waals surface area contributed by atoms with Gasteiger partial charge in [-0.1, -0.05) is 72.2 Å². The first-order valence-electron chi connectivity index (χ1n) is 10.9. The van der Waals surface area contributed by atoms with Gasteiger partial charge in [-0.25, -0.2) is 0 Å². The Kier molecular flexibility index (Phi) is 6.19. The molecule has 0 bridgehead atoms. The van der Waals surface area contributed by atoms with Crippen molar-refractivity contribution >= 4 is 27.5 Å². The maximum atomic E-state index is 13.9. The molecule has 1 aliphatic heterocycles. The highest BCUT2D eigenvalue weighted by molar-refractivity contribution is 9.10. The number of halogens is 1. The van der Waals surface area contributed by atoms with Crippen molar-refractivity contribution < 1.29 is 9.53 Å². The van der Waals surface area contributed by atoms with E-state index in [2.05, 4.69) is 79.3 Å². The largest absolute Gasteiger partial charge is 0.489 e. The summed E-state index contributed by atoms with van der Waals surface area (Å²) in [5, 5.41) is 3.31. The van der Waals surface area contributed by atoms with Crippen molar-refractivity contribution in [2.24, 2.45) is 0 Å². The van der Waals surface area contributed by atoms with Gasteiger partial charge in [-0.05, 0) is 66.1 Å². The third-order valence-electron chi connectivity index (χ3n) is 6.24. The van der Waals surface area contributed by atoms with Gasteiger partial charge >= 0.3 is 0 Å². The van der Waals surface area contributed by atoms with E-state index in [4.69, 9.17) is 4.74 Å². The summed E-state index contributed by atoms with van der Waals surface area (Å²) in [6, 6.07) is 16.4. The molecule has 1 unspecified atom stereocenters. The average molecular weight is 478 g/mol. The summed E-state index contributed by atoms with van der Waals surface area (Å²) < 4.78 is 7.23. The second-order valence-corrected chi connectivity index (χ2v) is 8.91. The molecule has 31 heavy (non-hydrogen) atoms. The van der Waals surface area contributed by atoms with E-state index in [0.717, 1.165) is 67.7 Å². The van der Waals surface area contributed by atoms with Crippen molar-refractivity contribution in [1.29, 1.82) is 0 Å². The van der Waals surface area contributed by atoms with Gasteiger partial charge in [0.2, 0.25) is 5.91 Å². The highest BCUT2D eigenvalue weighted by Crippen LogP contribution is 2.43. The predicted molar refractivity (Wildman–Crippen MR) is 130 cm³/mol. The molecule has 4 rings (SSSR count). The van der Waals surface area contributed by atoms with Gasteiger partial charge in [-0.2, -0.15) is 0 Å². The maximum Gasteiger partial charge on any atom is 0.236 e. The SMILES string of the molecule is CCc1cccc(CC)c1NC(=O)C1c2ccccc2COc2cc(C)c(Br)c(C)c21. The number of amides is 1. The molecule has 0 fully saturated rings. The summed E-state index contributed by atoms with van der Waals surface area (Å²) in [6.45, 7) is 8.82. The third-order valence-corrected chi connectivity index (χ3v) is 7.46. The topological polar surface area (TPSA) is 38.3 Å². The Bertz CT molecular complexity index is 1130. The van der Waals surface area contributed by atoms with E-state index in [1.54, 1.807) is 0 Å². The molecule has 1 N–H and O–H groups in total. The lowest BCUT2D eigenvalue weighted by Gasteiger charge is -2.23. The minimum Gasteiger partial charge on any atom is -0.489 e. The van der Waals surface area contributed by atoms with Crippen molar-refractivity contribution in [1.82, 2.24) is 0 Å². The molecule has 0 radical (unpaired) electrons. The standard InChI is InChI=1S/C27H28BrNO2/c1-5-18-11-9-12-19(6-2)26(18)29-27(30)24-21-13-8-7-10-20(21)15-31-22-14-16(3)25(28)17(4)23(22)24/h7-14,24H,5-6,15H2,1-4H3,(H,29,30). The number of carbonyl (C=O) groups excluding carboxylic acids is 1. The summed E-state index contributed by atoms with van der Waals surface area (Å²) in [4.78, 5) is 13.9. The predicted octanol–water partition coefficient (Wildman–Crippen LogP) is 6.85. The molecule has 0 aromatic heterocycles. The first-order chi connectivity index (χ1) is 15.0. The van der Waals surface area contributed by atoms with Gasteiger partial charge in [-0.3, -0.25) is 4.79 Å². The Morgan fingerprint density at radius 1 is 1.06 bits per heavy atom. The Hall–Kier alpha value is -2.59. The summed E-state index contributed by atoms with van der Waals surface area (Å²) >= 11 is 3.73. The van der Waals surface area contributed by atoms with Gasteiger partial charge in [-0.15, -0.1) is 0 Å². The van der Waals surface area contributed by atoms with Crippen LogP contribution in [0.1, 0.15) is 58.7 Å². The van der Waals surface area contributed by atoms with E-state index < -0.39 is 5.92 Å². The summed E-state index contributed by atoms with van der Waals surface area (Å²) in [5.41, 5.74) is 8.41. The normalized spacial score (nSPS) is 14.8. The fraction of sp³-hybridized carbons (Fsp3) is 0.296. The van der Waals surface area contributed by atoms with Crippen LogP contribution in [0.2, 0.25) is 0 Å². The lowest BCUT2D eigenvalue weighted by atomic mass is 9.84. The van der Waals surface area contributed by atoms with Crippen molar-refractivity contribution in [2.75, 3.05) is 5.32 Å². The molecule has 160 valence electrons. The van der Waals surface area contributed by atoms with Gasteiger partial charge in [0.15, 0.2) is 0 Å². The number of anilines is 1. The van der Waals surface area contributed by atoms with E-state index in [1.807, 2.05) is 18.2 Å². The zero-order chi connectivity index (χ0) is 22.1. The number of benzene rings is 3. The Morgan fingerprint density at radius 2 is 1.74 bits per heavy atom. The van der Waals surface area contributed by atoms with Crippen LogP contribution >= 0.6 is 15.9 Å². The summed E-state index contributed by atoms with van der Waals surface area (Å²) in [5.74, 6) is 0.322. The van der Waals surface area contributed by atoms with Gasteiger partial charge in [0.25, 0.3) is 0 Å². The molecular formula is C27H28BrNO2. The zero-order valence-electron chi connectivity index (χ0n) is 18.5. The first-order valence-corrected chi connectivity index (χ1v) is 11.7. The molecule has 1 amide bonds. The summed E-state index contributed by atoms with van der Waals surface area (Å²) in [7, 11) is 0. The van der Waals surface area contributed by atoms with Crippen LogP contribution in [0.5, 0.6) is 5.75 Å². The molecule has 4 heteroatoms. The summed E-state index contributed by atoms with van der Waals surface area (Å²) in [6.07, 6.45) is 1.74. The monoisotopic (exact) mass is 477 g/mol. The maximum absolute atomic E-state index is 13.9. The molecule has 0 saturated carbocycles. The molecule has 1 heterocycles. The number of hydrogen-bond acceptors (Lipinski definition) is 2. The van der Waals surface area contributed by atoms with E-state index >= 15 is 0 Å². The zero-order valence-corrected chi connectivity index (χ0v) is 20.1. The van der Waals surface area contributed by atoms with Crippen molar-refractivity contribution in [2.45, 2.75) is 53.1 Å². The van der Waals surface area contributed by atoms with Gasteiger partial charge in [0, 0.05) is 15.7 Å². The fourth-order valence-electron chi connectivity index (χ4n) is 4.54. The minimum absolute atomic E-state index is 0.0198. The first kappa shape index (κ1) is 21.6. The second-order valence-electron chi connectivity index (χ2n) is 8.11. The van der Waals surface area contributed by atoms with E-state index in [-0.39, 0.29) is 5.91 Å². The number of nitrogens with one attached hydrogen (secondary N) is 1. The van der Waals surface area contributed by atoms with E-state index in [1.165, 1.54) is 0 Å². The Labute approximate surface area is 193 Å². The third kappa shape index (κ3) is 3.89. The molecular weight excluding hydrogens is 450 g/mol. The Balaban J connectivity index is 1.89. The molecule has 1 atom stereocenters. The molecule has 3 aromatic rings. The van der Waals surface area contributed by atoms with Gasteiger partial charge in [0.1, 0.15) is 12.4 Å². The van der Waals surface area contributed by atoms with Crippen LogP contribution in [-0.4, -0.2) is 5.91 Å². The van der Waals surface area contributed by atoms with Crippen molar-refractivity contribution in [3.8, 4) is 5.75 Å². The number of fused-ring (bicyclic) bond motifs is 2. The number of carbonyl (C=O) groups is 1. The Morgan fingerprint density at radius 3 is 2.42 bits per heavy atom. The van der Waals surface area contributed by atoms with Gasteiger partial charge < -0.3 is 10.1 Å². The molecule has 3 aromatic carbocycles. The van der Waals surface area contributed by atoms with Crippen molar-refractivity contribution in [3.05, 3.63) is 91.9 Å². The molecule has 1 aliphatic rings. The van der Waals surface area contributed by atoms with E-state index in [9.17, 15) is 4.79 Å². The smallest absolute Gasteiger partial charge is 0.236 e. The van der Waals surface area contributed by atoms with Gasteiger partial charge in [0.05, 0.1) is 5.92 Å². The van der Waals surface area contributed by atoms with Crippen LogP contribution in [0.25, 0.3) is 0 Å². The number of rotatable bonds is 4. The van der Waals surface area contributed by atoms with Crippen LogP contribution in [0.3, 0.4) is 0 Å². The highest BCUT2D eigenvalue weighted by Gasteiger charge is 2.33. The second kappa shape index (κ2) is 8.88. The van der Waals surface area contributed by atoms with Crippen LogP contribution < -0.4 is 10.1 Å². The van der Waals surface area contributed by atoms with Crippen LogP contribution in [0.15, 0.2) is 53.0 Å². The van der Waals surface area contributed by atoms with Crippen molar-refractivity contribution in [3.63, 3.8) is 0 Å². The number of ether oxygens (including phenoxy) is 1. The lowest BCUT2D eigenvalue weighted by Crippen LogP contribution is -2.24. The lowest BCUT2D eigenvalue weighted by molar-refractivity contribution is -0.116. The molecule has 3 nitrogen and oxygen atoms in total. The molecule has 0 saturated heterocycles. The number of para-hydroxylation sites is 1. The fourth-order valence-corrected chi connectivity index (χ4v) is 4.87. The minimum atomic E-state index is -0.444. The van der Waals surface area contributed by atoms with Crippen LogP contribution in [-0.2, 0) is 24.2 Å². The van der Waals surface area contributed by atoms with Crippen LogP contribution in [0, 0.1) is 13.8 Å².